The fourth-order valence-corrected chi connectivity index (χ4v) is 3.20. The van der Waals surface area contributed by atoms with E-state index in [1.54, 1.807) is 46.9 Å². The van der Waals surface area contributed by atoms with Gasteiger partial charge in [0, 0.05) is 15.4 Å². The van der Waals surface area contributed by atoms with E-state index >= 15 is 0 Å². The van der Waals surface area contributed by atoms with Gasteiger partial charge in [-0.3, -0.25) is 0 Å². The first-order valence-corrected chi connectivity index (χ1v) is 10.0. The van der Waals surface area contributed by atoms with Crippen molar-refractivity contribution in [3.8, 4) is 11.3 Å². The van der Waals surface area contributed by atoms with Gasteiger partial charge in [0.25, 0.3) is 0 Å². The maximum atomic E-state index is 12.6. The number of anilines is 1. The molecule has 0 aliphatic rings. The van der Waals surface area contributed by atoms with Gasteiger partial charge in [-0.1, -0.05) is 28.1 Å². The smallest absolute Gasteiger partial charge is 0.426 e. The van der Waals surface area contributed by atoms with Gasteiger partial charge in [-0.2, -0.15) is 4.90 Å². The number of ether oxygens (including phenoxy) is 2. The maximum absolute atomic E-state index is 12.6. The topological polar surface area (TPSA) is 68.7 Å². The Hall–Kier alpha value is -1.93. The third kappa shape index (κ3) is 6.32. The summed E-state index contributed by atoms with van der Waals surface area (Å²) in [5, 5.41) is 1.97. The van der Waals surface area contributed by atoms with Gasteiger partial charge < -0.3 is 9.47 Å². The lowest BCUT2D eigenvalue weighted by molar-refractivity contribution is 0.0431. The lowest BCUT2D eigenvalue weighted by Gasteiger charge is -2.27. The van der Waals surface area contributed by atoms with Crippen LogP contribution in [-0.4, -0.2) is 28.4 Å². The Morgan fingerprint density at radius 2 is 1.59 bits per heavy atom. The molecule has 6 nitrogen and oxygen atoms in total. The van der Waals surface area contributed by atoms with Crippen molar-refractivity contribution in [1.82, 2.24) is 4.98 Å². The molecule has 0 unspecified atom stereocenters. The monoisotopic (exact) mass is 454 g/mol. The number of thiazole rings is 1. The number of rotatable bonds is 2. The molecule has 1 aromatic heterocycles. The summed E-state index contributed by atoms with van der Waals surface area (Å²) in [6, 6.07) is 7.60. The van der Waals surface area contributed by atoms with E-state index in [0.29, 0.717) is 5.69 Å². The molecule has 0 aliphatic carbocycles. The predicted molar refractivity (Wildman–Crippen MR) is 110 cm³/mol. The van der Waals surface area contributed by atoms with Crippen molar-refractivity contribution < 1.29 is 19.1 Å². The third-order valence-electron chi connectivity index (χ3n) is 2.96. The highest BCUT2D eigenvalue weighted by Crippen LogP contribution is 2.30. The fraction of sp³-hybridized carbons (Fsp3) is 0.421. The van der Waals surface area contributed by atoms with Gasteiger partial charge >= 0.3 is 12.2 Å². The highest BCUT2D eigenvalue weighted by molar-refractivity contribution is 9.10. The average molecular weight is 455 g/mol. The highest BCUT2D eigenvalue weighted by Gasteiger charge is 2.34. The van der Waals surface area contributed by atoms with E-state index < -0.39 is 23.4 Å². The van der Waals surface area contributed by atoms with Crippen LogP contribution in [0.2, 0.25) is 0 Å². The Morgan fingerprint density at radius 1 is 1.04 bits per heavy atom. The summed E-state index contributed by atoms with van der Waals surface area (Å²) in [7, 11) is 0. The number of halogens is 1. The van der Waals surface area contributed by atoms with E-state index in [0.717, 1.165) is 26.3 Å². The largest absolute Gasteiger partial charge is 0.443 e. The molecule has 146 valence electrons. The minimum absolute atomic E-state index is 0.188. The van der Waals surface area contributed by atoms with Gasteiger partial charge in [0.15, 0.2) is 0 Å². The van der Waals surface area contributed by atoms with Crippen LogP contribution in [0.3, 0.4) is 0 Å². The summed E-state index contributed by atoms with van der Waals surface area (Å²) in [6.07, 6.45) is -1.65. The molecule has 0 saturated heterocycles. The lowest BCUT2D eigenvalue weighted by atomic mass is 10.2. The summed E-state index contributed by atoms with van der Waals surface area (Å²) >= 11 is 4.59. The normalized spacial score (nSPS) is 11.8. The SMILES string of the molecule is CC(C)(C)OC(=O)N(C(=O)OC(C)(C)C)c1nc(-c2cccc(Br)c2)cs1. The summed E-state index contributed by atoms with van der Waals surface area (Å²) in [5.41, 5.74) is -0.0164. The van der Waals surface area contributed by atoms with Gasteiger partial charge in [-0.25, -0.2) is 14.6 Å². The van der Waals surface area contributed by atoms with Crippen molar-refractivity contribution in [3.63, 3.8) is 0 Å². The molecule has 2 amide bonds. The molecule has 0 N–H and O–H groups in total. The molecule has 0 saturated carbocycles. The van der Waals surface area contributed by atoms with Crippen LogP contribution in [0, 0.1) is 0 Å². The highest BCUT2D eigenvalue weighted by atomic mass is 79.9. The van der Waals surface area contributed by atoms with Crippen LogP contribution in [0.5, 0.6) is 0 Å². The second-order valence-electron chi connectivity index (χ2n) is 7.82. The number of hydrogen-bond acceptors (Lipinski definition) is 6. The summed E-state index contributed by atoms with van der Waals surface area (Å²) < 4.78 is 11.6. The molecule has 0 fully saturated rings. The van der Waals surface area contributed by atoms with Gasteiger partial charge in [0.1, 0.15) is 11.2 Å². The quantitative estimate of drug-likeness (QED) is 0.536. The molecule has 8 heteroatoms. The zero-order chi connectivity index (χ0) is 20.4. The first-order valence-electron chi connectivity index (χ1n) is 8.33. The van der Waals surface area contributed by atoms with Crippen LogP contribution >= 0.6 is 27.3 Å². The number of hydrogen-bond donors (Lipinski definition) is 0. The third-order valence-corrected chi connectivity index (χ3v) is 4.27. The molecular weight excluding hydrogens is 432 g/mol. The molecule has 1 aromatic carbocycles. The van der Waals surface area contributed by atoms with E-state index in [1.807, 2.05) is 24.3 Å². The minimum atomic E-state index is -0.827. The minimum Gasteiger partial charge on any atom is -0.443 e. The van der Waals surface area contributed by atoms with Crippen LogP contribution in [0.4, 0.5) is 14.7 Å². The first kappa shape index (κ1) is 21.4. The molecule has 0 atom stereocenters. The van der Waals surface area contributed by atoms with E-state index in [4.69, 9.17) is 9.47 Å². The molecule has 2 aromatic rings. The van der Waals surface area contributed by atoms with Gasteiger partial charge in [-0.15, -0.1) is 11.3 Å². The summed E-state index contributed by atoms with van der Waals surface area (Å²) in [4.78, 5) is 30.6. The Labute approximate surface area is 171 Å². The molecule has 2 rings (SSSR count). The van der Waals surface area contributed by atoms with Gasteiger partial charge in [0.2, 0.25) is 5.13 Å². The molecule has 0 bridgehead atoms. The summed E-state index contributed by atoms with van der Waals surface area (Å²) in [6.45, 7) is 10.4. The maximum Gasteiger partial charge on any atom is 0.426 e. The van der Waals surface area contributed by atoms with Crippen molar-refractivity contribution in [2.75, 3.05) is 4.90 Å². The molecular formula is C19H23BrN2O4S. The number of amides is 2. The second-order valence-corrected chi connectivity index (χ2v) is 9.57. The zero-order valence-electron chi connectivity index (χ0n) is 16.2. The van der Waals surface area contributed by atoms with Crippen molar-refractivity contribution in [3.05, 3.63) is 34.1 Å². The van der Waals surface area contributed by atoms with Crippen LogP contribution in [0.15, 0.2) is 34.1 Å². The van der Waals surface area contributed by atoms with Crippen molar-refractivity contribution >= 4 is 44.6 Å². The van der Waals surface area contributed by atoms with E-state index in [9.17, 15) is 9.59 Å². The lowest BCUT2D eigenvalue weighted by Crippen LogP contribution is -2.43. The number of nitrogens with zero attached hydrogens (tertiary/aromatic N) is 2. The fourth-order valence-electron chi connectivity index (χ4n) is 1.99. The van der Waals surface area contributed by atoms with E-state index in [-0.39, 0.29) is 5.13 Å². The van der Waals surface area contributed by atoms with Gasteiger partial charge in [-0.05, 0) is 53.7 Å². The van der Waals surface area contributed by atoms with E-state index in [1.165, 1.54) is 0 Å². The van der Waals surface area contributed by atoms with Gasteiger partial charge in [0.05, 0.1) is 5.69 Å². The Morgan fingerprint density at radius 3 is 2.07 bits per heavy atom. The van der Waals surface area contributed by atoms with Crippen LogP contribution < -0.4 is 4.90 Å². The van der Waals surface area contributed by atoms with Crippen LogP contribution in [0.1, 0.15) is 41.5 Å². The molecule has 27 heavy (non-hydrogen) atoms. The predicted octanol–water partition coefficient (Wildman–Crippen LogP) is 6.25. The standard InChI is InChI=1S/C19H23BrN2O4S/c1-18(2,3)25-16(23)22(17(24)26-19(4,5)6)15-21-14(11-27-15)12-8-7-9-13(20)10-12/h7-11H,1-6H3. The number of aromatic nitrogens is 1. The first-order chi connectivity index (χ1) is 12.4. The Kier molecular flexibility index (Phi) is 6.32. The molecule has 0 spiro atoms. The second kappa shape index (κ2) is 7.98. The van der Waals surface area contributed by atoms with E-state index in [2.05, 4.69) is 20.9 Å². The number of benzene rings is 1. The summed E-state index contributed by atoms with van der Waals surface area (Å²) in [5.74, 6) is 0. The Bertz CT molecular complexity index is 809. The van der Waals surface area contributed by atoms with Crippen molar-refractivity contribution in [1.29, 1.82) is 0 Å². The Balaban J connectivity index is 2.38. The zero-order valence-corrected chi connectivity index (χ0v) is 18.6. The molecule has 1 heterocycles. The van der Waals surface area contributed by atoms with Crippen molar-refractivity contribution in [2.24, 2.45) is 0 Å². The molecule has 0 aliphatic heterocycles. The van der Waals surface area contributed by atoms with Crippen molar-refractivity contribution in [2.45, 2.75) is 52.7 Å². The average Bonchev–Trinajstić information content (AvgIpc) is 2.92. The number of carbonyl (C=O) groups excluding carboxylic acids is 2. The number of carbonyl (C=O) groups is 2. The van der Waals surface area contributed by atoms with Crippen LogP contribution in [0.25, 0.3) is 11.3 Å². The van der Waals surface area contributed by atoms with Crippen LogP contribution in [-0.2, 0) is 9.47 Å². The molecule has 0 radical (unpaired) electrons. The number of imide groups is 1.